The molecule has 2 aromatic rings. The van der Waals surface area contributed by atoms with Gasteiger partial charge < -0.3 is 9.88 Å². The van der Waals surface area contributed by atoms with Crippen LogP contribution in [0.3, 0.4) is 0 Å². The molecule has 1 N–H and O–H groups in total. The van der Waals surface area contributed by atoms with Gasteiger partial charge in [0.25, 0.3) is 5.56 Å². The van der Waals surface area contributed by atoms with Crippen LogP contribution in [0.4, 0.5) is 5.69 Å². The van der Waals surface area contributed by atoms with Crippen LogP contribution in [0.1, 0.15) is 36.5 Å². The molecule has 0 fully saturated rings. The Balaban J connectivity index is 2.23. The number of carbonyl (C=O) groups excluding carboxylic acids is 1. The fraction of sp³-hybridized carbons (Fsp3) is 0.333. The normalized spacial score (nSPS) is 10.8. The van der Waals surface area contributed by atoms with Gasteiger partial charge >= 0.3 is 0 Å². The van der Waals surface area contributed by atoms with Gasteiger partial charge in [-0.25, -0.2) is 0 Å². The van der Waals surface area contributed by atoms with Crippen LogP contribution in [0.5, 0.6) is 0 Å². The summed E-state index contributed by atoms with van der Waals surface area (Å²) < 4.78 is 1.43. The Bertz CT molecular complexity index is 745. The number of aryl methyl sites for hydroxylation is 2. The quantitative estimate of drug-likeness (QED) is 0.942. The number of carbonyl (C=O) groups is 1. The maximum absolute atomic E-state index is 12.3. The summed E-state index contributed by atoms with van der Waals surface area (Å²) in [5, 5.41) is 2.96. The molecule has 0 saturated heterocycles. The van der Waals surface area contributed by atoms with Crippen molar-refractivity contribution in [2.45, 2.75) is 40.2 Å². The molecule has 1 aromatic heterocycles. The molecule has 0 atom stereocenters. The second-order valence-electron chi connectivity index (χ2n) is 5.91. The molecule has 4 nitrogen and oxygen atoms in total. The second kappa shape index (κ2) is 6.60. The van der Waals surface area contributed by atoms with Crippen LogP contribution in [-0.2, 0) is 11.3 Å². The largest absolute Gasteiger partial charge is 0.324 e. The molecule has 0 aliphatic heterocycles. The molecular formula is C18H22N2O2. The predicted octanol–water partition coefficient (Wildman–Crippen LogP) is 3.23. The number of benzene rings is 1. The minimum atomic E-state index is -0.191. The Kier molecular flexibility index (Phi) is 4.81. The molecule has 0 spiro atoms. The van der Waals surface area contributed by atoms with E-state index < -0.39 is 0 Å². The fourth-order valence-electron chi connectivity index (χ4n) is 2.45. The number of amides is 1. The Morgan fingerprint density at radius 1 is 1.18 bits per heavy atom. The van der Waals surface area contributed by atoms with Crippen molar-refractivity contribution in [1.82, 2.24) is 4.57 Å². The van der Waals surface area contributed by atoms with Crippen molar-refractivity contribution >= 4 is 11.6 Å². The lowest BCUT2D eigenvalue weighted by atomic mass is 9.98. The number of anilines is 1. The van der Waals surface area contributed by atoms with E-state index in [4.69, 9.17) is 0 Å². The Labute approximate surface area is 130 Å². The summed E-state index contributed by atoms with van der Waals surface area (Å²) in [5.74, 6) is 0.126. The van der Waals surface area contributed by atoms with E-state index in [1.807, 2.05) is 32.0 Å². The van der Waals surface area contributed by atoms with Crippen molar-refractivity contribution in [3.8, 4) is 0 Å². The SMILES string of the molecule is Cc1ccc(=O)n(CC(=O)Nc2c(C)cccc2C(C)C)c1. The first-order valence-electron chi connectivity index (χ1n) is 7.45. The predicted molar refractivity (Wildman–Crippen MR) is 89.3 cm³/mol. The van der Waals surface area contributed by atoms with Crippen molar-refractivity contribution in [3.63, 3.8) is 0 Å². The van der Waals surface area contributed by atoms with Crippen molar-refractivity contribution in [1.29, 1.82) is 0 Å². The molecule has 0 unspecified atom stereocenters. The summed E-state index contributed by atoms with van der Waals surface area (Å²) in [6.45, 7) is 8.07. The van der Waals surface area contributed by atoms with Crippen LogP contribution in [0, 0.1) is 13.8 Å². The Morgan fingerprint density at radius 2 is 1.91 bits per heavy atom. The van der Waals surface area contributed by atoms with Crippen LogP contribution >= 0.6 is 0 Å². The van der Waals surface area contributed by atoms with Gasteiger partial charge in [0.05, 0.1) is 0 Å². The van der Waals surface area contributed by atoms with Crippen LogP contribution in [0.2, 0.25) is 0 Å². The third kappa shape index (κ3) is 3.64. The van der Waals surface area contributed by atoms with Gasteiger partial charge in [0.1, 0.15) is 6.54 Å². The van der Waals surface area contributed by atoms with Gasteiger partial charge in [0.15, 0.2) is 0 Å². The summed E-state index contributed by atoms with van der Waals surface area (Å²) in [6.07, 6.45) is 1.70. The highest BCUT2D eigenvalue weighted by Gasteiger charge is 2.12. The number of para-hydroxylation sites is 1. The molecular weight excluding hydrogens is 276 g/mol. The molecule has 0 bridgehead atoms. The number of nitrogens with zero attached hydrogens (tertiary/aromatic N) is 1. The number of hydrogen-bond acceptors (Lipinski definition) is 2. The van der Waals surface area contributed by atoms with E-state index in [-0.39, 0.29) is 18.0 Å². The first-order valence-corrected chi connectivity index (χ1v) is 7.45. The molecule has 4 heteroatoms. The topological polar surface area (TPSA) is 51.1 Å². The van der Waals surface area contributed by atoms with Crippen LogP contribution in [0.15, 0.2) is 41.3 Å². The third-order valence-corrected chi connectivity index (χ3v) is 3.64. The zero-order valence-electron chi connectivity index (χ0n) is 13.5. The van der Waals surface area contributed by atoms with Crippen molar-refractivity contribution in [2.75, 3.05) is 5.32 Å². The number of hydrogen-bond donors (Lipinski definition) is 1. The Hall–Kier alpha value is -2.36. The van der Waals surface area contributed by atoms with Gasteiger partial charge in [-0.2, -0.15) is 0 Å². The average molecular weight is 298 g/mol. The highest BCUT2D eigenvalue weighted by atomic mass is 16.2. The Morgan fingerprint density at radius 3 is 2.59 bits per heavy atom. The highest BCUT2D eigenvalue weighted by molar-refractivity contribution is 5.92. The summed E-state index contributed by atoms with van der Waals surface area (Å²) >= 11 is 0. The zero-order chi connectivity index (χ0) is 16.3. The highest BCUT2D eigenvalue weighted by Crippen LogP contribution is 2.27. The molecule has 0 aliphatic rings. The van der Waals surface area contributed by atoms with Crippen molar-refractivity contribution in [2.24, 2.45) is 0 Å². The monoisotopic (exact) mass is 298 g/mol. The molecule has 1 aromatic carbocycles. The van der Waals surface area contributed by atoms with E-state index in [1.165, 1.54) is 10.6 Å². The van der Waals surface area contributed by atoms with E-state index in [0.29, 0.717) is 5.92 Å². The summed E-state index contributed by atoms with van der Waals surface area (Å²) in [6, 6.07) is 9.21. The first kappa shape index (κ1) is 16.0. The lowest BCUT2D eigenvalue weighted by Gasteiger charge is -2.16. The summed E-state index contributed by atoms with van der Waals surface area (Å²) in [4.78, 5) is 24.1. The van der Waals surface area contributed by atoms with Gasteiger partial charge in [-0.15, -0.1) is 0 Å². The van der Waals surface area contributed by atoms with Gasteiger partial charge in [-0.05, 0) is 36.5 Å². The van der Waals surface area contributed by atoms with E-state index in [2.05, 4.69) is 19.2 Å². The van der Waals surface area contributed by atoms with Crippen LogP contribution in [-0.4, -0.2) is 10.5 Å². The number of pyridine rings is 1. The van der Waals surface area contributed by atoms with Gasteiger partial charge in [0.2, 0.25) is 5.91 Å². The second-order valence-corrected chi connectivity index (χ2v) is 5.91. The summed E-state index contributed by atoms with van der Waals surface area (Å²) in [5.41, 5.74) is 3.75. The molecule has 0 saturated carbocycles. The summed E-state index contributed by atoms with van der Waals surface area (Å²) in [7, 11) is 0. The molecule has 116 valence electrons. The molecule has 2 rings (SSSR count). The molecule has 0 radical (unpaired) electrons. The van der Waals surface area contributed by atoms with E-state index in [1.54, 1.807) is 12.3 Å². The standard InChI is InChI=1S/C18H22N2O2/c1-12(2)15-7-5-6-14(4)18(15)19-16(21)11-20-10-13(3)8-9-17(20)22/h5-10,12H,11H2,1-4H3,(H,19,21). The molecule has 1 heterocycles. The molecule has 1 amide bonds. The van der Waals surface area contributed by atoms with Gasteiger partial charge in [0, 0.05) is 18.0 Å². The number of rotatable bonds is 4. The van der Waals surface area contributed by atoms with Crippen molar-refractivity contribution < 1.29 is 4.79 Å². The van der Waals surface area contributed by atoms with Crippen LogP contribution < -0.4 is 10.9 Å². The van der Waals surface area contributed by atoms with Crippen molar-refractivity contribution in [3.05, 3.63) is 63.6 Å². The van der Waals surface area contributed by atoms with E-state index in [0.717, 1.165) is 22.4 Å². The van der Waals surface area contributed by atoms with Gasteiger partial charge in [-0.3, -0.25) is 9.59 Å². The lowest BCUT2D eigenvalue weighted by molar-refractivity contribution is -0.116. The smallest absolute Gasteiger partial charge is 0.251 e. The maximum atomic E-state index is 12.3. The zero-order valence-corrected chi connectivity index (χ0v) is 13.5. The van der Waals surface area contributed by atoms with E-state index >= 15 is 0 Å². The lowest BCUT2D eigenvalue weighted by Crippen LogP contribution is -2.27. The van der Waals surface area contributed by atoms with Gasteiger partial charge in [-0.1, -0.05) is 38.1 Å². The first-order chi connectivity index (χ1) is 10.4. The maximum Gasteiger partial charge on any atom is 0.251 e. The number of nitrogens with one attached hydrogen (secondary N) is 1. The van der Waals surface area contributed by atoms with E-state index in [9.17, 15) is 9.59 Å². The molecule has 22 heavy (non-hydrogen) atoms. The molecule has 0 aliphatic carbocycles. The number of aromatic nitrogens is 1. The minimum Gasteiger partial charge on any atom is -0.324 e. The average Bonchev–Trinajstić information content (AvgIpc) is 2.44. The van der Waals surface area contributed by atoms with Crippen LogP contribution in [0.25, 0.3) is 0 Å². The third-order valence-electron chi connectivity index (χ3n) is 3.64. The minimum absolute atomic E-state index is 0.0202. The fourth-order valence-corrected chi connectivity index (χ4v) is 2.45.